The van der Waals surface area contributed by atoms with E-state index < -0.39 is 0 Å². The maximum atomic E-state index is 3.45. The molecule has 0 aliphatic carbocycles. The van der Waals surface area contributed by atoms with Crippen molar-refractivity contribution < 1.29 is 0 Å². The molecular weight excluding hydrogens is 288 g/mol. The molecule has 0 saturated carbocycles. The summed E-state index contributed by atoms with van der Waals surface area (Å²) in [5, 5.41) is 5.08. The zero-order valence-corrected chi connectivity index (χ0v) is 13.7. The van der Waals surface area contributed by atoms with Crippen molar-refractivity contribution in [1.29, 1.82) is 0 Å². The first-order valence-corrected chi connectivity index (χ1v) is 8.26. The SMILES string of the molecule is CC#CC(c1cccc2ccccc12)c1cccc2ccccc12. The van der Waals surface area contributed by atoms with Crippen LogP contribution in [-0.2, 0) is 0 Å². The number of hydrogen-bond donors (Lipinski definition) is 0. The average Bonchev–Trinajstić information content (AvgIpc) is 2.65. The van der Waals surface area contributed by atoms with Crippen molar-refractivity contribution in [3.63, 3.8) is 0 Å². The van der Waals surface area contributed by atoms with Gasteiger partial charge in [-0.2, -0.15) is 0 Å². The Balaban J connectivity index is 2.02. The first kappa shape index (κ1) is 14.5. The van der Waals surface area contributed by atoms with Crippen LogP contribution < -0.4 is 0 Å². The highest BCUT2D eigenvalue weighted by atomic mass is 14.2. The zero-order chi connectivity index (χ0) is 16.4. The lowest BCUT2D eigenvalue weighted by Gasteiger charge is -2.17. The summed E-state index contributed by atoms with van der Waals surface area (Å²) in [4.78, 5) is 0. The first-order chi connectivity index (χ1) is 11.9. The molecule has 0 saturated heterocycles. The van der Waals surface area contributed by atoms with Crippen molar-refractivity contribution in [2.24, 2.45) is 0 Å². The summed E-state index contributed by atoms with van der Waals surface area (Å²) in [5.41, 5.74) is 2.55. The highest BCUT2D eigenvalue weighted by Crippen LogP contribution is 2.34. The van der Waals surface area contributed by atoms with Gasteiger partial charge in [-0.15, -0.1) is 5.92 Å². The zero-order valence-electron chi connectivity index (χ0n) is 13.7. The molecule has 4 aromatic carbocycles. The Labute approximate surface area is 142 Å². The summed E-state index contributed by atoms with van der Waals surface area (Å²) in [6, 6.07) is 30.1. The van der Waals surface area contributed by atoms with Gasteiger partial charge in [0, 0.05) is 0 Å². The summed E-state index contributed by atoms with van der Waals surface area (Å²) >= 11 is 0. The lowest BCUT2D eigenvalue weighted by Crippen LogP contribution is -2.00. The van der Waals surface area contributed by atoms with E-state index in [2.05, 4.69) is 96.8 Å². The molecule has 0 nitrogen and oxygen atoms in total. The van der Waals surface area contributed by atoms with E-state index in [0.717, 1.165) is 0 Å². The molecule has 0 amide bonds. The fourth-order valence-electron chi connectivity index (χ4n) is 3.47. The predicted octanol–water partition coefficient (Wildman–Crippen LogP) is 6.15. The minimum atomic E-state index is 0.0761. The second-order valence-electron chi connectivity index (χ2n) is 5.96. The number of hydrogen-bond acceptors (Lipinski definition) is 0. The summed E-state index contributed by atoms with van der Waals surface area (Å²) in [6.07, 6.45) is 0. The summed E-state index contributed by atoms with van der Waals surface area (Å²) in [7, 11) is 0. The molecule has 0 N–H and O–H groups in total. The lowest BCUT2D eigenvalue weighted by molar-refractivity contribution is 1.09. The van der Waals surface area contributed by atoms with Crippen molar-refractivity contribution in [3.05, 3.63) is 96.1 Å². The van der Waals surface area contributed by atoms with Gasteiger partial charge < -0.3 is 0 Å². The molecule has 0 aliphatic heterocycles. The smallest absolute Gasteiger partial charge is 0.0713 e. The highest BCUT2D eigenvalue weighted by Gasteiger charge is 2.16. The molecule has 4 aromatic rings. The van der Waals surface area contributed by atoms with Gasteiger partial charge in [-0.25, -0.2) is 0 Å². The average molecular weight is 306 g/mol. The van der Waals surface area contributed by atoms with Gasteiger partial charge in [-0.3, -0.25) is 0 Å². The quantitative estimate of drug-likeness (QED) is 0.390. The molecule has 0 bridgehead atoms. The van der Waals surface area contributed by atoms with E-state index in [9.17, 15) is 0 Å². The van der Waals surface area contributed by atoms with Crippen LogP contribution in [0.1, 0.15) is 24.0 Å². The van der Waals surface area contributed by atoms with E-state index in [1.165, 1.54) is 32.7 Å². The van der Waals surface area contributed by atoms with Crippen molar-refractivity contribution in [1.82, 2.24) is 0 Å². The van der Waals surface area contributed by atoms with Crippen LogP contribution in [0.2, 0.25) is 0 Å². The van der Waals surface area contributed by atoms with E-state index in [4.69, 9.17) is 0 Å². The Kier molecular flexibility index (Phi) is 3.77. The van der Waals surface area contributed by atoms with Crippen LogP contribution in [0.3, 0.4) is 0 Å². The van der Waals surface area contributed by atoms with E-state index in [-0.39, 0.29) is 5.92 Å². The number of rotatable bonds is 2. The van der Waals surface area contributed by atoms with E-state index >= 15 is 0 Å². The number of benzene rings is 4. The van der Waals surface area contributed by atoms with E-state index in [0.29, 0.717) is 0 Å². The largest absolute Gasteiger partial charge is 0.106 e. The first-order valence-electron chi connectivity index (χ1n) is 8.26. The van der Waals surface area contributed by atoms with Crippen LogP contribution in [0.5, 0.6) is 0 Å². The lowest BCUT2D eigenvalue weighted by atomic mass is 9.86. The molecule has 4 rings (SSSR count). The molecular formula is C24H18. The Morgan fingerprint density at radius 1 is 0.583 bits per heavy atom. The van der Waals surface area contributed by atoms with Gasteiger partial charge in [0.15, 0.2) is 0 Å². The third-order valence-electron chi connectivity index (χ3n) is 4.56. The molecule has 0 fully saturated rings. The van der Waals surface area contributed by atoms with Gasteiger partial charge in [-0.05, 0) is 39.6 Å². The van der Waals surface area contributed by atoms with Crippen LogP contribution in [0.15, 0.2) is 84.9 Å². The fraction of sp³-hybridized carbons (Fsp3) is 0.0833. The molecule has 0 aromatic heterocycles. The van der Waals surface area contributed by atoms with Gasteiger partial charge in [-0.1, -0.05) is 90.8 Å². The van der Waals surface area contributed by atoms with Crippen LogP contribution >= 0.6 is 0 Å². The molecule has 24 heavy (non-hydrogen) atoms. The highest BCUT2D eigenvalue weighted by molar-refractivity contribution is 5.90. The second kappa shape index (κ2) is 6.22. The van der Waals surface area contributed by atoms with Gasteiger partial charge in [0.1, 0.15) is 0 Å². The van der Waals surface area contributed by atoms with Crippen molar-refractivity contribution >= 4 is 21.5 Å². The minimum absolute atomic E-state index is 0.0761. The molecule has 0 atom stereocenters. The van der Waals surface area contributed by atoms with Crippen molar-refractivity contribution in [2.45, 2.75) is 12.8 Å². The van der Waals surface area contributed by atoms with E-state index in [1.54, 1.807) is 0 Å². The van der Waals surface area contributed by atoms with Crippen molar-refractivity contribution in [2.75, 3.05) is 0 Å². The third kappa shape index (κ3) is 2.45. The third-order valence-corrected chi connectivity index (χ3v) is 4.56. The van der Waals surface area contributed by atoms with Gasteiger partial charge >= 0.3 is 0 Å². The summed E-state index contributed by atoms with van der Waals surface area (Å²) in [5.74, 6) is 6.67. The second-order valence-corrected chi connectivity index (χ2v) is 5.96. The monoisotopic (exact) mass is 306 g/mol. The Morgan fingerprint density at radius 3 is 1.54 bits per heavy atom. The molecule has 0 spiro atoms. The fourth-order valence-corrected chi connectivity index (χ4v) is 3.47. The van der Waals surface area contributed by atoms with Crippen LogP contribution in [0.4, 0.5) is 0 Å². The predicted molar refractivity (Wildman–Crippen MR) is 103 cm³/mol. The minimum Gasteiger partial charge on any atom is -0.106 e. The Hall–Kier alpha value is -3.04. The standard InChI is InChI=1S/C24H18/c1-2-9-22(23-16-7-12-18-10-3-5-14-20(18)23)24-17-8-13-19-11-4-6-15-21(19)24/h3-8,10-17,22H,1H3. The molecule has 0 unspecified atom stereocenters. The summed E-state index contributed by atoms with van der Waals surface area (Å²) < 4.78 is 0. The molecule has 0 heterocycles. The maximum absolute atomic E-state index is 3.45. The van der Waals surface area contributed by atoms with Crippen LogP contribution in [0, 0.1) is 11.8 Å². The van der Waals surface area contributed by atoms with Crippen LogP contribution in [0.25, 0.3) is 21.5 Å². The van der Waals surface area contributed by atoms with Crippen molar-refractivity contribution in [3.8, 4) is 11.8 Å². The molecule has 114 valence electrons. The maximum Gasteiger partial charge on any atom is 0.0713 e. The Morgan fingerprint density at radius 2 is 1.04 bits per heavy atom. The molecule has 0 heteroatoms. The van der Waals surface area contributed by atoms with Crippen LogP contribution in [-0.4, -0.2) is 0 Å². The van der Waals surface area contributed by atoms with E-state index in [1.807, 2.05) is 6.92 Å². The Bertz CT molecular complexity index is 987. The van der Waals surface area contributed by atoms with Gasteiger partial charge in [0.2, 0.25) is 0 Å². The summed E-state index contributed by atoms with van der Waals surface area (Å²) in [6.45, 7) is 1.92. The molecule has 0 aliphatic rings. The topological polar surface area (TPSA) is 0 Å². The molecule has 0 radical (unpaired) electrons. The normalized spacial score (nSPS) is 10.8. The number of fused-ring (bicyclic) bond motifs is 2. The van der Waals surface area contributed by atoms with Gasteiger partial charge in [0.05, 0.1) is 5.92 Å². The van der Waals surface area contributed by atoms with Gasteiger partial charge in [0.25, 0.3) is 0 Å².